The van der Waals surface area contributed by atoms with Gasteiger partial charge in [0.05, 0.1) is 12.0 Å². The number of benzene rings is 1. The number of esters is 1. The van der Waals surface area contributed by atoms with E-state index in [4.69, 9.17) is 9.47 Å². The second-order valence-corrected chi connectivity index (χ2v) is 10.8. The average Bonchev–Trinajstić information content (AvgIpc) is 2.66. The molecule has 1 heterocycles. The van der Waals surface area contributed by atoms with Crippen molar-refractivity contribution < 1.29 is 27.5 Å². The van der Waals surface area contributed by atoms with E-state index in [-0.39, 0.29) is 30.8 Å². The molecule has 1 aromatic rings. The number of piperidine rings is 1. The standard InChI is InChI=1S/C21H32N2O6S/c1-15(2)16-7-9-17(10-8-16)30(26,27)23-13-11-21(12-14-23,18(24)28-6)22-19(25)29-20(3,4)5/h7-10,15H,11-14H2,1-6H3,(H,22,25). The third-order valence-electron chi connectivity index (χ3n) is 5.08. The Morgan fingerprint density at radius 1 is 1.10 bits per heavy atom. The van der Waals surface area contributed by atoms with Gasteiger partial charge in [0.15, 0.2) is 0 Å². The summed E-state index contributed by atoms with van der Waals surface area (Å²) in [5.74, 6) is -0.317. The number of sulfonamides is 1. The van der Waals surface area contributed by atoms with Crippen LogP contribution in [0.2, 0.25) is 0 Å². The lowest BCUT2D eigenvalue weighted by Gasteiger charge is -2.39. The minimum absolute atomic E-state index is 0.0686. The van der Waals surface area contributed by atoms with Crippen LogP contribution in [0.3, 0.4) is 0 Å². The van der Waals surface area contributed by atoms with Crippen molar-refractivity contribution in [1.29, 1.82) is 0 Å². The van der Waals surface area contributed by atoms with E-state index in [1.807, 2.05) is 26.0 Å². The predicted molar refractivity (Wildman–Crippen MR) is 113 cm³/mol. The van der Waals surface area contributed by atoms with E-state index in [0.717, 1.165) is 5.56 Å². The molecule has 0 aromatic heterocycles. The molecule has 1 N–H and O–H groups in total. The number of rotatable bonds is 5. The van der Waals surface area contributed by atoms with E-state index in [2.05, 4.69) is 5.32 Å². The van der Waals surface area contributed by atoms with Gasteiger partial charge >= 0.3 is 12.1 Å². The quantitative estimate of drug-likeness (QED) is 0.706. The molecule has 0 saturated carbocycles. The Hall–Kier alpha value is -2.13. The SMILES string of the molecule is COC(=O)C1(NC(=O)OC(C)(C)C)CCN(S(=O)(=O)c2ccc(C(C)C)cc2)CC1. The molecule has 1 amide bonds. The maximum Gasteiger partial charge on any atom is 0.408 e. The molecule has 0 aliphatic carbocycles. The van der Waals surface area contributed by atoms with Gasteiger partial charge in [-0.05, 0) is 57.2 Å². The average molecular weight is 441 g/mol. The summed E-state index contributed by atoms with van der Waals surface area (Å²) < 4.78 is 37.5. The fourth-order valence-corrected chi connectivity index (χ4v) is 4.80. The number of hydrogen-bond donors (Lipinski definition) is 1. The number of alkyl carbamates (subject to hydrolysis) is 1. The highest BCUT2D eigenvalue weighted by atomic mass is 32.2. The third kappa shape index (κ3) is 5.51. The molecule has 0 radical (unpaired) electrons. The fourth-order valence-electron chi connectivity index (χ4n) is 3.36. The van der Waals surface area contributed by atoms with Crippen LogP contribution in [0.5, 0.6) is 0 Å². The Kier molecular flexibility index (Phi) is 7.19. The van der Waals surface area contributed by atoms with Gasteiger partial charge in [-0.3, -0.25) is 0 Å². The first kappa shape index (κ1) is 24.1. The molecule has 1 saturated heterocycles. The summed E-state index contributed by atoms with van der Waals surface area (Å²) in [5, 5.41) is 2.61. The minimum atomic E-state index is -3.71. The summed E-state index contributed by atoms with van der Waals surface area (Å²) in [6, 6.07) is 6.83. The number of methoxy groups -OCH3 is 1. The summed E-state index contributed by atoms with van der Waals surface area (Å²) in [4.78, 5) is 24.9. The van der Waals surface area contributed by atoms with Gasteiger partial charge in [-0.1, -0.05) is 26.0 Å². The molecule has 1 aliphatic heterocycles. The second-order valence-electron chi connectivity index (χ2n) is 8.83. The number of carbonyl (C=O) groups excluding carboxylic acids is 2. The normalized spacial score (nSPS) is 17.4. The van der Waals surface area contributed by atoms with Crippen molar-refractivity contribution >= 4 is 22.1 Å². The molecule has 0 atom stereocenters. The van der Waals surface area contributed by atoms with E-state index in [1.165, 1.54) is 11.4 Å². The van der Waals surface area contributed by atoms with Gasteiger partial charge in [0.25, 0.3) is 0 Å². The molecule has 0 spiro atoms. The lowest BCUT2D eigenvalue weighted by molar-refractivity contribution is -0.150. The molecule has 30 heavy (non-hydrogen) atoms. The minimum Gasteiger partial charge on any atom is -0.467 e. The van der Waals surface area contributed by atoms with E-state index in [0.29, 0.717) is 5.92 Å². The van der Waals surface area contributed by atoms with Gasteiger partial charge in [0, 0.05) is 13.1 Å². The Bertz CT molecular complexity index is 864. The lowest BCUT2D eigenvalue weighted by Crippen LogP contribution is -2.61. The van der Waals surface area contributed by atoms with Gasteiger partial charge < -0.3 is 14.8 Å². The van der Waals surface area contributed by atoms with Crippen LogP contribution < -0.4 is 5.32 Å². The first-order chi connectivity index (χ1) is 13.8. The highest BCUT2D eigenvalue weighted by Gasteiger charge is 2.46. The number of nitrogens with zero attached hydrogens (tertiary/aromatic N) is 1. The number of carbonyl (C=O) groups is 2. The van der Waals surface area contributed by atoms with Crippen LogP contribution in [0.15, 0.2) is 29.2 Å². The largest absolute Gasteiger partial charge is 0.467 e. The Labute approximate surface area is 179 Å². The molecular weight excluding hydrogens is 408 g/mol. The van der Waals surface area contributed by atoms with E-state index in [1.54, 1.807) is 32.9 Å². The summed E-state index contributed by atoms with van der Waals surface area (Å²) >= 11 is 0. The van der Waals surface area contributed by atoms with Gasteiger partial charge in [0.2, 0.25) is 10.0 Å². The zero-order valence-electron chi connectivity index (χ0n) is 18.5. The Morgan fingerprint density at radius 3 is 2.07 bits per heavy atom. The number of amides is 1. The molecule has 2 rings (SSSR count). The van der Waals surface area contributed by atoms with E-state index >= 15 is 0 Å². The molecule has 168 valence electrons. The third-order valence-corrected chi connectivity index (χ3v) is 6.99. The molecule has 1 aromatic carbocycles. The number of hydrogen-bond acceptors (Lipinski definition) is 6. The maximum atomic E-state index is 13.0. The summed E-state index contributed by atoms with van der Waals surface area (Å²) in [6.45, 7) is 9.38. The van der Waals surface area contributed by atoms with Crippen molar-refractivity contribution in [1.82, 2.24) is 9.62 Å². The Morgan fingerprint density at radius 2 is 1.63 bits per heavy atom. The van der Waals surface area contributed by atoms with Crippen molar-refractivity contribution in [2.45, 2.75) is 69.4 Å². The zero-order valence-corrected chi connectivity index (χ0v) is 19.3. The predicted octanol–water partition coefficient (Wildman–Crippen LogP) is 3.03. The topological polar surface area (TPSA) is 102 Å². The monoisotopic (exact) mass is 440 g/mol. The molecule has 1 aliphatic rings. The molecule has 1 fully saturated rings. The van der Waals surface area contributed by atoms with Crippen LogP contribution in [-0.4, -0.2) is 56.1 Å². The first-order valence-corrected chi connectivity index (χ1v) is 11.4. The molecule has 0 unspecified atom stereocenters. The van der Waals surface area contributed by atoms with Gasteiger partial charge in [0.1, 0.15) is 11.1 Å². The summed E-state index contributed by atoms with van der Waals surface area (Å²) in [7, 11) is -2.47. The van der Waals surface area contributed by atoms with Crippen LogP contribution >= 0.6 is 0 Å². The summed E-state index contributed by atoms with van der Waals surface area (Å²) in [5.41, 5.74) is -1.00. The van der Waals surface area contributed by atoms with Crippen molar-refractivity contribution in [2.24, 2.45) is 0 Å². The highest BCUT2D eigenvalue weighted by Crippen LogP contribution is 2.29. The lowest BCUT2D eigenvalue weighted by atomic mass is 9.88. The fraction of sp³-hybridized carbons (Fsp3) is 0.619. The van der Waals surface area contributed by atoms with Crippen molar-refractivity contribution in [2.75, 3.05) is 20.2 Å². The van der Waals surface area contributed by atoms with E-state index < -0.39 is 33.2 Å². The van der Waals surface area contributed by atoms with Gasteiger partial charge in [-0.25, -0.2) is 18.0 Å². The van der Waals surface area contributed by atoms with Crippen LogP contribution in [0.25, 0.3) is 0 Å². The van der Waals surface area contributed by atoms with Crippen LogP contribution in [0.4, 0.5) is 4.79 Å². The molecular formula is C21H32N2O6S. The van der Waals surface area contributed by atoms with Crippen molar-refractivity contribution in [3.05, 3.63) is 29.8 Å². The second kappa shape index (κ2) is 8.93. The molecule has 0 bridgehead atoms. The van der Waals surface area contributed by atoms with Crippen molar-refractivity contribution in [3.8, 4) is 0 Å². The summed E-state index contributed by atoms with van der Waals surface area (Å²) in [6.07, 6.45) is -0.571. The van der Waals surface area contributed by atoms with Crippen LogP contribution in [0, 0.1) is 0 Å². The van der Waals surface area contributed by atoms with Crippen LogP contribution in [-0.2, 0) is 24.3 Å². The zero-order chi connectivity index (χ0) is 22.7. The smallest absolute Gasteiger partial charge is 0.408 e. The van der Waals surface area contributed by atoms with Crippen molar-refractivity contribution in [3.63, 3.8) is 0 Å². The first-order valence-electron chi connectivity index (χ1n) is 10.0. The number of ether oxygens (including phenoxy) is 2. The molecule has 9 heteroatoms. The van der Waals surface area contributed by atoms with E-state index in [9.17, 15) is 18.0 Å². The van der Waals surface area contributed by atoms with Gasteiger partial charge in [-0.2, -0.15) is 4.31 Å². The van der Waals surface area contributed by atoms with Gasteiger partial charge in [-0.15, -0.1) is 0 Å². The Balaban J connectivity index is 2.17. The maximum absolute atomic E-state index is 13.0. The highest BCUT2D eigenvalue weighted by molar-refractivity contribution is 7.89. The van der Waals surface area contributed by atoms with Crippen LogP contribution in [0.1, 0.15) is 58.9 Å². The number of nitrogens with one attached hydrogen (secondary N) is 1. The molecule has 8 nitrogen and oxygen atoms in total.